The maximum atomic E-state index is 11.9. The topological polar surface area (TPSA) is 64.3 Å². The van der Waals surface area contributed by atoms with Crippen LogP contribution in [0.25, 0.3) is 0 Å². The van der Waals surface area contributed by atoms with Gasteiger partial charge in [-0.3, -0.25) is 4.79 Å². The monoisotopic (exact) mass is 344 g/mol. The number of halogens is 5. The van der Waals surface area contributed by atoms with Gasteiger partial charge < -0.3 is 15.8 Å². The van der Waals surface area contributed by atoms with Gasteiger partial charge in [0.15, 0.2) is 0 Å². The molecule has 9 heteroatoms. The number of rotatable bonds is 6. The fraction of sp³-hybridized carbons (Fsp3) is 0.417. The molecule has 0 aromatic heterocycles. The van der Waals surface area contributed by atoms with Crippen molar-refractivity contribution >= 4 is 40.5 Å². The van der Waals surface area contributed by atoms with Gasteiger partial charge in [-0.15, -0.1) is 0 Å². The lowest BCUT2D eigenvalue weighted by Crippen LogP contribution is -2.17. The fourth-order valence-electron chi connectivity index (χ4n) is 1.37. The van der Waals surface area contributed by atoms with E-state index in [4.69, 9.17) is 33.7 Å². The predicted molar refractivity (Wildman–Crippen MR) is 75.6 cm³/mol. The van der Waals surface area contributed by atoms with E-state index < -0.39 is 25.1 Å². The van der Waals surface area contributed by atoms with Gasteiger partial charge in [0.2, 0.25) is 5.91 Å². The smallest absolute Gasteiger partial charge is 0.391 e. The highest BCUT2D eigenvalue weighted by Gasteiger charge is 2.26. The molecule has 0 unspecified atom stereocenters. The van der Waals surface area contributed by atoms with Crippen LogP contribution >= 0.6 is 23.2 Å². The second-order valence-electron chi connectivity index (χ2n) is 4.14. The molecule has 3 N–H and O–H groups in total. The number of ether oxygens (including phenoxy) is 1. The van der Waals surface area contributed by atoms with Crippen LogP contribution in [0.4, 0.5) is 24.5 Å². The van der Waals surface area contributed by atoms with Crippen molar-refractivity contribution in [2.75, 3.05) is 24.3 Å². The van der Waals surface area contributed by atoms with Crippen molar-refractivity contribution in [2.24, 2.45) is 0 Å². The molecule has 1 rings (SSSR count). The Labute approximate surface area is 129 Å². The fourth-order valence-corrected chi connectivity index (χ4v) is 1.97. The number of nitrogen functional groups attached to an aromatic ring is 1. The molecule has 1 aromatic carbocycles. The van der Waals surface area contributed by atoms with E-state index in [-0.39, 0.29) is 28.8 Å². The molecule has 0 fully saturated rings. The van der Waals surface area contributed by atoms with Gasteiger partial charge in [0.25, 0.3) is 0 Å². The van der Waals surface area contributed by atoms with E-state index in [2.05, 4.69) is 5.32 Å². The van der Waals surface area contributed by atoms with E-state index in [1.807, 2.05) is 0 Å². The Morgan fingerprint density at radius 2 is 1.81 bits per heavy atom. The summed E-state index contributed by atoms with van der Waals surface area (Å²) in [6, 6.07) is 2.84. The van der Waals surface area contributed by atoms with E-state index in [1.54, 1.807) is 0 Å². The summed E-state index contributed by atoms with van der Waals surface area (Å²) in [5, 5.41) is 2.80. The number of anilines is 2. The summed E-state index contributed by atoms with van der Waals surface area (Å²) in [7, 11) is 0. The van der Waals surface area contributed by atoms with Gasteiger partial charge in [-0.25, -0.2) is 0 Å². The Hall–Kier alpha value is -1.18. The highest BCUT2D eigenvalue weighted by atomic mass is 35.5. The lowest BCUT2D eigenvalue weighted by atomic mass is 10.2. The molecular weight excluding hydrogens is 332 g/mol. The molecule has 0 aliphatic rings. The molecule has 0 aliphatic carbocycles. The van der Waals surface area contributed by atoms with Crippen molar-refractivity contribution in [1.82, 2.24) is 0 Å². The molecule has 21 heavy (non-hydrogen) atoms. The molecule has 0 heterocycles. The zero-order chi connectivity index (χ0) is 16.0. The average Bonchev–Trinajstić information content (AvgIpc) is 2.32. The first-order valence-electron chi connectivity index (χ1n) is 5.88. The van der Waals surface area contributed by atoms with Gasteiger partial charge in [0.1, 0.15) is 0 Å². The Morgan fingerprint density at radius 1 is 1.24 bits per heavy atom. The number of nitrogens with one attached hydrogen (secondary N) is 1. The minimum atomic E-state index is -4.27. The zero-order valence-electron chi connectivity index (χ0n) is 10.8. The van der Waals surface area contributed by atoms with E-state index in [0.717, 1.165) is 0 Å². The molecule has 1 aromatic rings. The van der Waals surface area contributed by atoms with E-state index >= 15 is 0 Å². The maximum absolute atomic E-state index is 11.9. The Bertz CT molecular complexity index is 487. The van der Waals surface area contributed by atoms with Crippen LogP contribution in [0.15, 0.2) is 12.1 Å². The summed E-state index contributed by atoms with van der Waals surface area (Å²) in [6.45, 7) is -0.619. The summed E-state index contributed by atoms with van der Waals surface area (Å²) in [4.78, 5) is 11.6. The van der Waals surface area contributed by atoms with Crippen molar-refractivity contribution in [3.05, 3.63) is 22.2 Å². The first-order valence-corrected chi connectivity index (χ1v) is 6.63. The lowest BCUT2D eigenvalue weighted by molar-refractivity contribution is -0.145. The largest absolute Gasteiger partial charge is 0.399 e. The minimum Gasteiger partial charge on any atom is -0.399 e. The van der Waals surface area contributed by atoms with Gasteiger partial charge in [-0.05, 0) is 12.1 Å². The molecule has 0 saturated heterocycles. The molecule has 1 amide bonds. The molecule has 0 radical (unpaired) electrons. The van der Waals surface area contributed by atoms with E-state index in [1.165, 1.54) is 12.1 Å². The second kappa shape index (κ2) is 7.72. The second-order valence-corrected chi connectivity index (χ2v) is 4.95. The average molecular weight is 345 g/mol. The Balaban J connectivity index is 2.38. The van der Waals surface area contributed by atoms with E-state index in [9.17, 15) is 18.0 Å². The van der Waals surface area contributed by atoms with Crippen molar-refractivity contribution in [3.63, 3.8) is 0 Å². The van der Waals surface area contributed by atoms with Crippen molar-refractivity contribution in [2.45, 2.75) is 19.0 Å². The van der Waals surface area contributed by atoms with Crippen LogP contribution in [-0.2, 0) is 9.53 Å². The quantitative estimate of drug-likeness (QED) is 0.608. The van der Waals surface area contributed by atoms with Crippen LogP contribution in [0.1, 0.15) is 12.8 Å². The molecule has 118 valence electrons. The SMILES string of the molecule is Nc1cc(Cl)c(NC(=O)CCOCCC(F)(F)F)c(Cl)c1. The Morgan fingerprint density at radius 3 is 2.33 bits per heavy atom. The van der Waals surface area contributed by atoms with E-state index in [0.29, 0.717) is 5.69 Å². The van der Waals surface area contributed by atoms with Gasteiger partial charge in [-0.2, -0.15) is 13.2 Å². The third-order valence-corrected chi connectivity index (χ3v) is 2.93. The number of amides is 1. The number of hydrogen-bond acceptors (Lipinski definition) is 3. The summed E-state index contributed by atoms with van der Waals surface area (Å²) < 4.78 is 40.3. The number of carbonyl (C=O) groups excluding carboxylic acids is 1. The van der Waals surface area contributed by atoms with Gasteiger partial charge >= 0.3 is 6.18 Å². The van der Waals surface area contributed by atoms with Gasteiger partial charge in [-0.1, -0.05) is 23.2 Å². The number of hydrogen-bond donors (Lipinski definition) is 2. The first kappa shape index (κ1) is 17.9. The summed E-state index contributed by atoms with van der Waals surface area (Å²) in [5.41, 5.74) is 6.06. The molecule has 4 nitrogen and oxygen atoms in total. The molecule has 0 spiro atoms. The van der Waals surface area contributed by atoms with Crippen LogP contribution in [-0.4, -0.2) is 25.3 Å². The number of alkyl halides is 3. The van der Waals surface area contributed by atoms with Crippen molar-refractivity contribution in [3.8, 4) is 0 Å². The van der Waals surface area contributed by atoms with Crippen LogP contribution in [0.2, 0.25) is 10.0 Å². The highest BCUT2D eigenvalue weighted by molar-refractivity contribution is 6.40. The third-order valence-electron chi connectivity index (χ3n) is 2.33. The lowest BCUT2D eigenvalue weighted by Gasteiger charge is -2.11. The number of carbonyl (C=O) groups is 1. The maximum Gasteiger partial charge on any atom is 0.391 e. The van der Waals surface area contributed by atoms with Gasteiger partial charge in [0.05, 0.1) is 41.8 Å². The van der Waals surface area contributed by atoms with Gasteiger partial charge in [0, 0.05) is 5.69 Å². The molecule has 0 atom stereocenters. The number of benzene rings is 1. The summed E-state index contributed by atoms with van der Waals surface area (Å²) in [5.74, 6) is -0.476. The Kier molecular flexibility index (Phi) is 6.57. The predicted octanol–water partition coefficient (Wildman–Crippen LogP) is 3.87. The van der Waals surface area contributed by atoms with Crippen LogP contribution in [0.5, 0.6) is 0 Å². The summed E-state index contributed by atoms with van der Waals surface area (Å²) >= 11 is 11.8. The van der Waals surface area contributed by atoms with Crippen molar-refractivity contribution < 1.29 is 22.7 Å². The highest BCUT2D eigenvalue weighted by Crippen LogP contribution is 2.32. The van der Waals surface area contributed by atoms with Crippen LogP contribution in [0.3, 0.4) is 0 Å². The van der Waals surface area contributed by atoms with Crippen LogP contribution < -0.4 is 11.1 Å². The summed E-state index contributed by atoms with van der Waals surface area (Å²) in [6.07, 6.45) is -5.44. The standard InChI is InChI=1S/C12H13Cl2F3N2O2/c13-8-5-7(18)6-9(14)11(8)19-10(20)1-3-21-4-2-12(15,16)17/h5-6H,1-4,18H2,(H,19,20). The molecule has 0 saturated carbocycles. The molecular formula is C12H13Cl2F3N2O2. The normalized spacial score (nSPS) is 11.5. The molecule has 0 bridgehead atoms. The van der Waals surface area contributed by atoms with Crippen molar-refractivity contribution in [1.29, 1.82) is 0 Å². The third kappa shape index (κ3) is 6.88. The molecule has 0 aliphatic heterocycles. The zero-order valence-corrected chi connectivity index (χ0v) is 12.3. The first-order chi connectivity index (χ1) is 9.69. The van der Waals surface area contributed by atoms with Crippen LogP contribution in [0, 0.1) is 0 Å². The minimum absolute atomic E-state index is 0.116. The number of nitrogens with two attached hydrogens (primary N) is 1.